The number of carboxylic acids is 1. The van der Waals surface area contributed by atoms with Crippen LogP contribution in [0.4, 0.5) is 10.5 Å². The highest BCUT2D eigenvalue weighted by molar-refractivity contribution is 5.89. The fraction of sp³-hybridized carbons (Fsp3) is 0.429. The van der Waals surface area contributed by atoms with Crippen LogP contribution in [-0.4, -0.2) is 23.7 Å². The van der Waals surface area contributed by atoms with Gasteiger partial charge < -0.3 is 15.7 Å². The predicted octanol–water partition coefficient (Wildman–Crippen LogP) is 2.62. The molecule has 2 amide bonds. The molecule has 5 heteroatoms. The minimum atomic E-state index is -0.802. The summed E-state index contributed by atoms with van der Waals surface area (Å²) in [5.41, 5.74) is 1.87. The number of hydrogen-bond acceptors (Lipinski definition) is 2. The van der Waals surface area contributed by atoms with Gasteiger partial charge in [-0.3, -0.25) is 4.79 Å². The predicted molar refractivity (Wildman–Crippen MR) is 74.2 cm³/mol. The Hall–Kier alpha value is -2.04. The number of rotatable bonds is 6. The second-order valence-electron chi connectivity index (χ2n) is 4.63. The Morgan fingerprint density at radius 1 is 1.26 bits per heavy atom. The van der Waals surface area contributed by atoms with Crippen molar-refractivity contribution in [3.8, 4) is 0 Å². The first kappa shape index (κ1) is 15.0. The fourth-order valence-electron chi connectivity index (χ4n) is 1.55. The highest BCUT2D eigenvalue weighted by atomic mass is 16.4. The summed E-state index contributed by atoms with van der Waals surface area (Å²) in [6.07, 6.45) is 1.20. The minimum absolute atomic E-state index is 0.271. The number of aliphatic carboxylic acids is 1. The summed E-state index contributed by atoms with van der Waals surface area (Å²) >= 11 is 0. The van der Waals surface area contributed by atoms with Crippen LogP contribution < -0.4 is 10.6 Å². The van der Waals surface area contributed by atoms with Crippen LogP contribution in [0.15, 0.2) is 24.3 Å². The van der Waals surface area contributed by atoms with E-state index >= 15 is 0 Å². The Bertz CT molecular complexity index is 429. The van der Waals surface area contributed by atoms with E-state index in [0.717, 1.165) is 11.3 Å². The van der Waals surface area contributed by atoms with Crippen molar-refractivity contribution >= 4 is 17.7 Å². The van der Waals surface area contributed by atoms with Crippen molar-refractivity contribution in [3.63, 3.8) is 0 Å². The van der Waals surface area contributed by atoms with Crippen molar-refractivity contribution in [3.05, 3.63) is 29.8 Å². The van der Waals surface area contributed by atoms with Gasteiger partial charge in [-0.25, -0.2) is 4.79 Å². The van der Waals surface area contributed by atoms with Crippen molar-refractivity contribution in [1.29, 1.82) is 0 Å². The normalized spacial score (nSPS) is 11.7. The molecule has 1 rings (SSSR count). The van der Waals surface area contributed by atoms with Gasteiger partial charge in [0, 0.05) is 12.2 Å². The Morgan fingerprint density at radius 3 is 2.47 bits per heavy atom. The van der Waals surface area contributed by atoms with Crippen LogP contribution in [0, 0.1) is 12.8 Å². The Balaban J connectivity index is 2.21. The molecule has 0 fully saturated rings. The number of carbonyl (C=O) groups is 2. The molecule has 0 aliphatic carbocycles. The molecule has 1 unspecified atom stereocenters. The maximum absolute atomic E-state index is 11.5. The molecule has 104 valence electrons. The van der Waals surface area contributed by atoms with Gasteiger partial charge in [0.2, 0.25) is 0 Å². The van der Waals surface area contributed by atoms with Crippen LogP contribution >= 0.6 is 0 Å². The summed E-state index contributed by atoms with van der Waals surface area (Å²) in [5.74, 6) is -1.17. The summed E-state index contributed by atoms with van der Waals surface area (Å²) in [6.45, 7) is 4.11. The number of amides is 2. The van der Waals surface area contributed by atoms with E-state index in [9.17, 15) is 9.59 Å². The number of nitrogens with one attached hydrogen (secondary N) is 2. The lowest BCUT2D eigenvalue weighted by Gasteiger charge is -2.09. The average Bonchev–Trinajstić information content (AvgIpc) is 2.37. The first-order valence-electron chi connectivity index (χ1n) is 6.33. The third-order valence-corrected chi connectivity index (χ3v) is 2.83. The molecule has 0 saturated carbocycles. The van der Waals surface area contributed by atoms with E-state index in [2.05, 4.69) is 10.6 Å². The first-order chi connectivity index (χ1) is 8.99. The molecule has 1 aromatic carbocycles. The molecule has 0 aliphatic heterocycles. The van der Waals surface area contributed by atoms with Gasteiger partial charge in [-0.1, -0.05) is 24.6 Å². The smallest absolute Gasteiger partial charge is 0.319 e. The summed E-state index contributed by atoms with van der Waals surface area (Å²) < 4.78 is 0. The summed E-state index contributed by atoms with van der Waals surface area (Å²) in [7, 11) is 0. The summed E-state index contributed by atoms with van der Waals surface area (Å²) in [4.78, 5) is 22.1. The van der Waals surface area contributed by atoms with Crippen LogP contribution in [0.25, 0.3) is 0 Å². The molecule has 0 radical (unpaired) electrons. The largest absolute Gasteiger partial charge is 0.481 e. The quantitative estimate of drug-likeness (QED) is 0.691. The number of urea groups is 1. The second-order valence-corrected chi connectivity index (χ2v) is 4.63. The van der Waals surface area contributed by atoms with E-state index in [-0.39, 0.29) is 11.9 Å². The van der Waals surface area contributed by atoms with Gasteiger partial charge in [0.1, 0.15) is 0 Å². The summed E-state index contributed by atoms with van der Waals surface area (Å²) in [5, 5.41) is 14.1. The van der Waals surface area contributed by atoms with Crippen molar-refractivity contribution in [2.45, 2.75) is 26.7 Å². The maximum atomic E-state index is 11.5. The molecule has 1 aromatic rings. The Kier molecular flexibility index (Phi) is 5.85. The van der Waals surface area contributed by atoms with Crippen LogP contribution in [0.5, 0.6) is 0 Å². The van der Waals surface area contributed by atoms with Crippen molar-refractivity contribution in [2.24, 2.45) is 5.92 Å². The SMILES string of the molecule is Cc1ccc(NC(=O)NCCCC(C)C(=O)O)cc1. The van der Waals surface area contributed by atoms with E-state index in [1.807, 2.05) is 31.2 Å². The molecule has 19 heavy (non-hydrogen) atoms. The number of benzene rings is 1. The van der Waals surface area contributed by atoms with E-state index in [1.165, 1.54) is 0 Å². The summed E-state index contributed by atoms with van der Waals surface area (Å²) in [6, 6.07) is 7.24. The average molecular weight is 264 g/mol. The van der Waals surface area contributed by atoms with Crippen LogP contribution in [0.3, 0.4) is 0 Å². The molecule has 5 nitrogen and oxygen atoms in total. The van der Waals surface area contributed by atoms with Crippen molar-refractivity contribution in [2.75, 3.05) is 11.9 Å². The molecule has 0 aromatic heterocycles. The molecule has 3 N–H and O–H groups in total. The number of carboxylic acid groups (broad SMARTS) is 1. The zero-order valence-corrected chi connectivity index (χ0v) is 11.3. The van der Waals surface area contributed by atoms with E-state index in [4.69, 9.17) is 5.11 Å². The second kappa shape index (κ2) is 7.41. The Morgan fingerprint density at radius 2 is 1.89 bits per heavy atom. The number of carbonyl (C=O) groups excluding carboxylic acids is 1. The maximum Gasteiger partial charge on any atom is 0.319 e. The van der Waals surface area contributed by atoms with Gasteiger partial charge >= 0.3 is 12.0 Å². The monoisotopic (exact) mass is 264 g/mol. The third kappa shape index (κ3) is 5.90. The molecule has 0 bridgehead atoms. The van der Waals surface area contributed by atoms with E-state index in [1.54, 1.807) is 6.92 Å². The van der Waals surface area contributed by atoms with Gasteiger partial charge in [0.25, 0.3) is 0 Å². The number of aryl methyl sites for hydroxylation is 1. The van der Waals surface area contributed by atoms with Crippen LogP contribution in [-0.2, 0) is 4.79 Å². The van der Waals surface area contributed by atoms with Crippen molar-refractivity contribution in [1.82, 2.24) is 5.32 Å². The molecule has 1 atom stereocenters. The number of hydrogen-bond donors (Lipinski definition) is 3. The van der Waals surface area contributed by atoms with Gasteiger partial charge in [-0.2, -0.15) is 0 Å². The van der Waals surface area contributed by atoms with Gasteiger partial charge in [0.15, 0.2) is 0 Å². The van der Waals surface area contributed by atoms with Crippen LogP contribution in [0.2, 0.25) is 0 Å². The van der Waals surface area contributed by atoms with Gasteiger partial charge in [-0.15, -0.1) is 0 Å². The molecular weight excluding hydrogens is 244 g/mol. The molecule has 0 saturated heterocycles. The highest BCUT2D eigenvalue weighted by Gasteiger charge is 2.10. The van der Waals surface area contributed by atoms with E-state index < -0.39 is 5.97 Å². The van der Waals surface area contributed by atoms with Gasteiger partial charge in [0.05, 0.1) is 5.92 Å². The lowest BCUT2D eigenvalue weighted by Crippen LogP contribution is -2.29. The van der Waals surface area contributed by atoms with Crippen LogP contribution in [0.1, 0.15) is 25.3 Å². The standard InChI is InChI=1S/C14H20N2O3/c1-10-5-7-12(8-6-10)16-14(19)15-9-3-4-11(2)13(17)18/h5-8,11H,3-4,9H2,1-2H3,(H,17,18)(H2,15,16,19). The van der Waals surface area contributed by atoms with E-state index in [0.29, 0.717) is 19.4 Å². The minimum Gasteiger partial charge on any atom is -0.481 e. The lowest BCUT2D eigenvalue weighted by molar-refractivity contribution is -0.141. The first-order valence-corrected chi connectivity index (χ1v) is 6.33. The highest BCUT2D eigenvalue weighted by Crippen LogP contribution is 2.08. The molecule has 0 spiro atoms. The molecule has 0 aliphatic rings. The molecule has 0 heterocycles. The zero-order valence-electron chi connectivity index (χ0n) is 11.3. The third-order valence-electron chi connectivity index (χ3n) is 2.83. The fourth-order valence-corrected chi connectivity index (χ4v) is 1.55. The lowest BCUT2D eigenvalue weighted by atomic mass is 10.1. The van der Waals surface area contributed by atoms with Gasteiger partial charge in [-0.05, 0) is 31.9 Å². The molecular formula is C14H20N2O3. The Labute approximate surface area is 113 Å². The number of anilines is 1. The zero-order chi connectivity index (χ0) is 14.3. The topological polar surface area (TPSA) is 78.4 Å². The van der Waals surface area contributed by atoms with Crippen molar-refractivity contribution < 1.29 is 14.7 Å².